The number of rotatable bonds is 4. The Morgan fingerprint density at radius 3 is 1.14 bits per heavy atom. The Kier molecular flexibility index (Phi) is 27.9. The molecular formula is C28H44Cl2N2O2Zr. The van der Waals surface area contributed by atoms with Crippen LogP contribution in [0.3, 0.4) is 0 Å². The van der Waals surface area contributed by atoms with E-state index < -0.39 is 0 Å². The SMILES string of the molecule is C1CCOC1.C1CCOC1.CC[N-]c1cccc(C)c1C.CC[N-]c1cccc(C)c1C.[Cl-].[Cl-].[Zr+4]. The molecule has 0 bridgehead atoms. The molecule has 4 rings (SSSR count). The maximum absolute atomic E-state index is 4.94. The smallest absolute Gasteiger partial charge is 1.00 e. The van der Waals surface area contributed by atoms with Crippen LogP contribution in [0.25, 0.3) is 10.6 Å². The van der Waals surface area contributed by atoms with Gasteiger partial charge in [0, 0.05) is 26.4 Å². The van der Waals surface area contributed by atoms with Crippen LogP contribution in [-0.2, 0) is 35.7 Å². The fourth-order valence-corrected chi connectivity index (χ4v) is 3.18. The van der Waals surface area contributed by atoms with Crippen molar-refractivity contribution in [1.29, 1.82) is 0 Å². The van der Waals surface area contributed by atoms with Crippen molar-refractivity contribution in [2.24, 2.45) is 0 Å². The van der Waals surface area contributed by atoms with Gasteiger partial charge in [0.1, 0.15) is 0 Å². The quantitative estimate of drug-likeness (QED) is 0.540. The van der Waals surface area contributed by atoms with Gasteiger partial charge < -0.3 is 44.9 Å². The number of halogens is 2. The molecule has 196 valence electrons. The van der Waals surface area contributed by atoms with E-state index in [1.54, 1.807) is 0 Å². The summed E-state index contributed by atoms with van der Waals surface area (Å²) in [4.78, 5) is 0. The standard InChI is InChI=1S/2C10H14N.2C4H8O.2ClH.Zr/c2*1-4-11-10-7-5-6-8(2)9(10)3;2*1-2-4-5-3-1;;;/h2*5-7H,4H2,1-3H3;2*1-4H2;2*1H;/q2*-1;;;;;+4/p-2. The molecule has 0 N–H and O–H groups in total. The zero-order valence-corrected chi connectivity index (χ0v) is 26.5. The van der Waals surface area contributed by atoms with E-state index in [9.17, 15) is 0 Å². The second-order valence-corrected chi connectivity index (χ2v) is 8.03. The Hall–Kier alpha value is -0.577. The summed E-state index contributed by atoms with van der Waals surface area (Å²) in [6, 6.07) is 12.5. The molecule has 2 aromatic carbocycles. The molecule has 7 heteroatoms. The van der Waals surface area contributed by atoms with Crippen molar-refractivity contribution in [3.63, 3.8) is 0 Å². The van der Waals surface area contributed by atoms with E-state index in [4.69, 9.17) is 9.47 Å². The zero-order chi connectivity index (χ0) is 23.6. The van der Waals surface area contributed by atoms with E-state index in [0.717, 1.165) is 50.9 Å². The van der Waals surface area contributed by atoms with Crippen molar-refractivity contribution in [2.45, 2.75) is 67.2 Å². The van der Waals surface area contributed by atoms with Gasteiger partial charge in [-0.25, -0.2) is 0 Å². The van der Waals surface area contributed by atoms with Crippen LogP contribution >= 0.6 is 0 Å². The van der Waals surface area contributed by atoms with Crippen LogP contribution in [0.5, 0.6) is 0 Å². The van der Waals surface area contributed by atoms with Crippen LogP contribution in [0.2, 0.25) is 0 Å². The molecule has 0 aromatic heterocycles. The van der Waals surface area contributed by atoms with E-state index in [2.05, 4.69) is 88.6 Å². The zero-order valence-electron chi connectivity index (χ0n) is 22.5. The predicted octanol–water partition coefficient (Wildman–Crippen LogP) is 2.26. The van der Waals surface area contributed by atoms with Crippen molar-refractivity contribution >= 4 is 11.4 Å². The average molecular weight is 603 g/mol. The van der Waals surface area contributed by atoms with Crippen LogP contribution in [0.1, 0.15) is 61.8 Å². The number of nitrogens with zero attached hydrogens (tertiary/aromatic N) is 2. The first kappa shape index (κ1) is 38.9. The van der Waals surface area contributed by atoms with Gasteiger partial charge in [0.15, 0.2) is 0 Å². The topological polar surface area (TPSA) is 46.7 Å². The number of ether oxygens (including phenoxy) is 2. The average Bonchev–Trinajstić information content (AvgIpc) is 3.55. The van der Waals surface area contributed by atoms with Gasteiger partial charge in [-0.05, 0) is 64.5 Å². The number of aryl methyl sites for hydroxylation is 2. The van der Waals surface area contributed by atoms with E-state index >= 15 is 0 Å². The summed E-state index contributed by atoms with van der Waals surface area (Å²) < 4.78 is 9.89. The molecular weight excluding hydrogens is 558 g/mol. The molecule has 4 nitrogen and oxygen atoms in total. The van der Waals surface area contributed by atoms with Gasteiger partial charge in [-0.15, -0.1) is 24.5 Å². The van der Waals surface area contributed by atoms with Crippen molar-refractivity contribution in [1.82, 2.24) is 0 Å². The van der Waals surface area contributed by atoms with Crippen molar-refractivity contribution in [3.05, 3.63) is 69.3 Å². The van der Waals surface area contributed by atoms with Crippen molar-refractivity contribution in [3.8, 4) is 0 Å². The first-order valence-electron chi connectivity index (χ1n) is 12.1. The fourth-order valence-electron chi connectivity index (χ4n) is 3.18. The van der Waals surface area contributed by atoms with Crippen molar-refractivity contribution in [2.75, 3.05) is 39.5 Å². The summed E-state index contributed by atoms with van der Waals surface area (Å²) in [7, 11) is 0. The molecule has 2 aliphatic rings. The minimum absolute atomic E-state index is 0. The third-order valence-electron chi connectivity index (χ3n) is 5.46. The summed E-state index contributed by atoms with van der Waals surface area (Å²) >= 11 is 0. The Bertz CT molecular complexity index is 677. The molecule has 2 aliphatic heterocycles. The van der Waals surface area contributed by atoms with Crippen LogP contribution in [-0.4, -0.2) is 39.5 Å². The third-order valence-corrected chi connectivity index (χ3v) is 5.46. The predicted molar refractivity (Wildman–Crippen MR) is 139 cm³/mol. The molecule has 2 aromatic rings. The van der Waals surface area contributed by atoms with Gasteiger partial charge in [-0.3, -0.25) is 0 Å². The van der Waals surface area contributed by atoms with Crippen molar-refractivity contribution < 1.29 is 60.5 Å². The fraction of sp³-hybridized carbons (Fsp3) is 0.571. The number of benzene rings is 2. The molecule has 0 spiro atoms. The monoisotopic (exact) mass is 600 g/mol. The van der Waals surface area contributed by atoms with Gasteiger partial charge in [0.2, 0.25) is 0 Å². The first-order valence-corrected chi connectivity index (χ1v) is 12.1. The number of hydrogen-bond donors (Lipinski definition) is 0. The Balaban J connectivity index is -0.000000400. The molecule has 2 fully saturated rings. The minimum Gasteiger partial charge on any atom is -1.00 e. The molecule has 2 heterocycles. The molecule has 35 heavy (non-hydrogen) atoms. The molecule has 0 atom stereocenters. The van der Waals surface area contributed by atoms with Crippen LogP contribution in [0, 0.1) is 27.7 Å². The van der Waals surface area contributed by atoms with Gasteiger partial charge in [0.05, 0.1) is 0 Å². The molecule has 0 amide bonds. The molecule has 0 radical (unpaired) electrons. The normalized spacial score (nSPS) is 13.0. The summed E-state index contributed by atoms with van der Waals surface area (Å²) in [6.07, 6.45) is 5.11. The summed E-state index contributed by atoms with van der Waals surface area (Å²) in [5.41, 5.74) is 7.50. The third kappa shape index (κ3) is 17.5. The molecule has 0 unspecified atom stereocenters. The van der Waals surface area contributed by atoms with Gasteiger partial charge in [0.25, 0.3) is 0 Å². The van der Waals surface area contributed by atoms with Gasteiger partial charge in [-0.1, -0.05) is 61.4 Å². The molecule has 0 saturated carbocycles. The maximum atomic E-state index is 4.94. The minimum atomic E-state index is 0. The summed E-state index contributed by atoms with van der Waals surface area (Å²) in [5, 5.41) is 8.73. The summed E-state index contributed by atoms with van der Waals surface area (Å²) in [5.74, 6) is 0. The van der Waals surface area contributed by atoms with E-state index in [0.29, 0.717) is 0 Å². The van der Waals surface area contributed by atoms with Crippen LogP contribution in [0.4, 0.5) is 11.4 Å². The van der Waals surface area contributed by atoms with Crippen LogP contribution < -0.4 is 24.8 Å². The Morgan fingerprint density at radius 2 is 0.914 bits per heavy atom. The first-order chi connectivity index (χ1) is 15.5. The van der Waals surface area contributed by atoms with Gasteiger partial charge >= 0.3 is 26.2 Å². The van der Waals surface area contributed by atoms with E-state index in [1.807, 2.05) is 0 Å². The second kappa shape index (κ2) is 25.1. The van der Waals surface area contributed by atoms with E-state index in [-0.39, 0.29) is 51.0 Å². The Labute approximate surface area is 246 Å². The van der Waals surface area contributed by atoms with E-state index in [1.165, 1.54) is 47.9 Å². The van der Waals surface area contributed by atoms with Crippen LogP contribution in [0.15, 0.2) is 36.4 Å². The molecule has 2 saturated heterocycles. The largest absolute Gasteiger partial charge is 4.00 e. The second-order valence-electron chi connectivity index (χ2n) is 8.03. The Morgan fingerprint density at radius 1 is 0.600 bits per heavy atom. The number of hydrogen-bond acceptors (Lipinski definition) is 2. The maximum Gasteiger partial charge on any atom is 4.00 e. The summed E-state index contributed by atoms with van der Waals surface area (Å²) in [6.45, 7) is 18.3. The van der Waals surface area contributed by atoms with Gasteiger partial charge in [-0.2, -0.15) is 0 Å². The molecule has 0 aliphatic carbocycles.